The van der Waals surface area contributed by atoms with E-state index in [0.717, 1.165) is 5.56 Å². The summed E-state index contributed by atoms with van der Waals surface area (Å²) in [4.78, 5) is 16.2. The van der Waals surface area contributed by atoms with E-state index in [4.69, 9.17) is 21.5 Å². The summed E-state index contributed by atoms with van der Waals surface area (Å²) in [7, 11) is -3.90. The second-order valence-electron chi connectivity index (χ2n) is 5.80. The number of esters is 1. The van der Waals surface area contributed by atoms with Crippen LogP contribution in [0.5, 0.6) is 0 Å². The van der Waals surface area contributed by atoms with Crippen LogP contribution in [0.1, 0.15) is 28.9 Å². The number of benzene rings is 2. The molecule has 0 saturated carbocycles. The van der Waals surface area contributed by atoms with Gasteiger partial charge >= 0.3 is 5.97 Å². The molecular formula is C18H17ClN4O4S. The maximum absolute atomic E-state index is 12.1. The average Bonchev–Trinajstić information content (AvgIpc) is 3.05. The summed E-state index contributed by atoms with van der Waals surface area (Å²) in [5, 5.41) is 9.45. The van der Waals surface area contributed by atoms with Crippen molar-refractivity contribution in [2.24, 2.45) is 5.14 Å². The molecule has 0 aliphatic heterocycles. The number of aromatic nitrogens is 3. The van der Waals surface area contributed by atoms with Crippen molar-refractivity contribution in [2.75, 3.05) is 6.61 Å². The molecule has 146 valence electrons. The molecule has 2 N–H and O–H groups in total. The van der Waals surface area contributed by atoms with Gasteiger partial charge in [0.25, 0.3) is 5.82 Å². The molecule has 0 unspecified atom stereocenters. The first-order chi connectivity index (χ1) is 13.3. The summed E-state index contributed by atoms with van der Waals surface area (Å²) < 4.78 is 29.4. The Morgan fingerprint density at radius 2 is 1.93 bits per heavy atom. The first-order valence-electron chi connectivity index (χ1n) is 8.29. The van der Waals surface area contributed by atoms with E-state index >= 15 is 0 Å². The number of primary sulfonamides is 1. The molecule has 0 aliphatic rings. The Kier molecular flexibility index (Phi) is 5.78. The number of ether oxygens (including phenoxy) is 1. The fraction of sp³-hybridized carbons (Fsp3) is 0.167. The van der Waals surface area contributed by atoms with Gasteiger partial charge in [-0.3, -0.25) is 0 Å². The molecule has 28 heavy (non-hydrogen) atoms. The molecule has 0 fully saturated rings. The summed E-state index contributed by atoms with van der Waals surface area (Å²) in [6.07, 6.45) is 0.376. The first kappa shape index (κ1) is 20.0. The van der Waals surface area contributed by atoms with Crippen LogP contribution in [-0.2, 0) is 21.2 Å². The molecule has 1 aromatic heterocycles. The van der Waals surface area contributed by atoms with E-state index in [9.17, 15) is 13.2 Å². The lowest BCUT2D eigenvalue weighted by atomic mass is 10.1. The van der Waals surface area contributed by atoms with Crippen molar-refractivity contribution in [1.29, 1.82) is 0 Å². The van der Waals surface area contributed by atoms with Crippen molar-refractivity contribution >= 4 is 27.6 Å². The number of rotatable bonds is 6. The van der Waals surface area contributed by atoms with Gasteiger partial charge in [-0.15, -0.1) is 5.10 Å². The maximum atomic E-state index is 12.1. The summed E-state index contributed by atoms with van der Waals surface area (Å²) in [5.74, 6) is -0.327. The van der Waals surface area contributed by atoms with E-state index in [1.165, 1.54) is 22.9 Å². The van der Waals surface area contributed by atoms with Crippen LogP contribution in [0.2, 0.25) is 5.02 Å². The Balaban J connectivity index is 2.09. The molecule has 0 bridgehead atoms. The number of nitrogens with zero attached hydrogens (tertiary/aromatic N) is 3. The summed E-state index contributed by atoms with van der Waals surface area (Å²) in [6.45, 7) is 1.87. The lowest BCUT2D eigenvalue weighted by molar-refractivity contribution is 0.0512. The number of halogens is 1. The highest BCUT2D eigenvalue weighted by atomic mass is 35.5. The molecule has 0 amide bonds. The van der Waals surface area contributed by atoms with Gasteiger partial charge < -0.3 is 4.74 Å². The topological polar surface area (TPSA) is 117 Å². The smallest absolute Gasteiger partial charge is 0.378 e. The summed E-state index contributed by atoms with van der Waals surface area (Å²) in [6, 6.07) is 13.5. The number of sulfonamides is 1. The number of carbonyl (C=O) groups excluding carboxylic acids is 1. The minimum atomic E-state index is -3.90. The van der Waals surface area contributed by atoms with Crippen molar-refractivity contribution in [1.82, 2.24) is 14.8 Å². The van der Waals surface area contributed by atoms with Crippen molar-refractivity contribution in [3.8, 4) is 5.69 Å². The van der Waals surface area contributed by atoms with Crippen LogP contribution in [0.15, 0.2) is 53.4 Å². The molecule has 3 aromatic rings. The number of nitrogens with two attached hydrogens (primary N) is 1. The predicted octanol–water partition coefficient (Wildman–Crippen LogP) is 2.34. The molecule has 8 nitrogen and oxygen atoms in total. The van der Waals surface area contributed by atoms with E-state index in [1.54, 1.807) is 6.92 Å². The van der Waals surface area contributed by atoms with Crippen LogP contribution in [0, 0.1) is 0 Å². The van der Waals surface area contributed by atoms with Gasteiger partial charge in [0, 0.05) is 6.42 Å². The minimum absolute atomic E-state index is 0.0983. The third-order valence-electron chi connectivity index (χ3n) is 3.81. The summed E-state index contributed by atoms with van der Waals surface area (Å²) in [5.41, 5.74) is 1.31. The van der Waals surface area contributed by atoms with Crippen LogP contribution < -0.4 is 5.14 Å². The van der Waals surface area contributed by atoms with E-state index < -0.39 is 16.0 Å². The van der Waals surface area contributed by atoms with Gasteiger partial charge in [0.1, 0.15) is 5.82 Å². The molecule has 1 heterocycles. The van der Waals surface area contributed by atoms with Gasteiger partial charge in [-0.1, -0.05) is 41.9 Å². The number of hydrogen-bond acceptors (Lipinski definition) is 6. The molecule has 0 radical (unpaired) electrons. The second-order valence-corrected chi connectivity index (χ2v) is 7.77. The van der Waals surface area contributed by atoms with Crippen molar-refractivity contribution in [3.05, 3.63) is 70.8 Å². The van der Waals surface area contributed by atoms with Crippen LogP contribution >= 0.6 is 11.6 Å². The van der Waals surface area contributed by atoms with Crippen LogP contribution in [-0.4, -0.2) is 35.8 Å². The van der Waals surface area contributed by atoms with Gasteiger partial charge in [0.05, 0.1) is 22.2 Å². The standard InChI is InChI=1S/C18H17ClN4O4S/c1-2-27-18(24)17-21-16(10-12-6-4-3-5-7-12)23(22-17)15-9-8-13(11-14(15)19)28(20,25)26/h3-9,11H,2,10H2,1H3,(H2,20,25,26). The first-order valence-corrected chi connectivity index (χ1v) is 10.2. The Hall–Kier alpha value is -2.75. The zero-order valence-corrected chi connectivity index (χ0v) is 16.4. The summed E-state index contributed by atoms with van der Waals surface area (Å²) >= 11 is 6.27. The lowest BCUT2D eigenvalue weighted by Crippen LogP contribution is -2.13. The monoisotopic (exact) mass is 420 g/mol. The number of hydrogen-bond donors (Lipinski definition) is 1. The Morgan fingerprint density at radius 1 is 1.21 bits per heavy atom. The third kappa shape index (κ3) is 4.38. The molecular weight excluding hydrogens is 404 g/mol. The van der Waals surface area contributed by atoms with Gasteiger partial charge in [0.15, 0.2) is 0 Å². The molecule has 0 atom stereocenters. The molecule has 0 spiro atoms. The van der Waals surface area contributed by atoms with E-state index in [1.807, 2.05) is 30.3 Å². The highest BCUT2D eigenvalue weighted by Crippen LogP contribution is 2.25. The van der Waals surface area contributed by atoms with E-state index in [0.29, 0.717) is 17.9 Å². The third-order valence-corrected chi connectivity index (χ3v) is 5.03. The minimum Gasteiger partial charge on any atom is -0.460 e. The largest absolute Gasteiger partial charge is 0.460 e. The van der Waals surface area contributed by atoms with Gasteiger partial charge in [0.2, 0.25) is 10.0 Å². The normalized spacial score (nSPS) is 11.4. The Bertz CT molecular complexity index is 1110. The zero-order valence-electron chi connectivity index (χ0n) is 14.9. The molecule has 0 saturated heterocycles. The fourth-order valence-electron chi connectivity index (χ4n) is 2.55. The second kappa shape index (κ2) is 8.09. The fourth-order valence-corrected chi connectivity index (χ4v) is 3.41. The lowest BCUT2D eigenvalue weighted by Gasteiger charge is -2.09. The molecule has 2 aromatic carbocycles. The van der Waals surface area contributed by atoms with E-state index in [2.05, 4.69) is 10.1 Å². The molecule has 3 rings (SSSR count). The SMILES string of the molecule is CCOC(=O)c1nc(Cc2ccccc2)n(-c2ccc(S(N)(=O)=O)cc2Cl)n1. The van der Waals surface area contributed by atoms with Crippen molar-refractivity contribution in [3.63, 3.8) is 0 Å². The Labute approximate surface area is 167 Å². The maximum Gasteiger partial charge on any atom is 0.378 e. The number of carbonyl (C=O) groups is 1. The zero-order chi connectivity index (χ0) is 20.3. The molecule has 0 aliphatic carbocycles. The average molecular weight is 421 g/mol. The van der Waals surface area contributed by atoms with Gasteiger partial charge in [-0.2, -0.15) is 0 Å². The highest BCUT2D eigenvalue weighted by Gasteiger charge is 2.21. The molecule has 10 heteroatoms. The van der Waals surface area contributed by atoms with Crippen molar-refractivity contribution < 1.29 is 17.9 Å². The predicted molar refractivity (Wildman–Crippen MR) is 103 cm³/mol. The van der Waals surface area contributed by atoms with Crippen LogP contribution in [0.3, 0.4) is 0 Å². The van der Waals surface area contributed by atoms with E-state index in [-0.39, 0.29) is 22.3 Å². The van der Waals surface area contributed by atoms with Gasteiger partial charge in [-0.25, -0.2) is 28.0 Å². The highest BCUT2D eigenvalue weighted by molar-refractivity contribution is 7.89. The van der Waals surface area contributed by atoms with Crippen LogP contribution in [0.4, 0.5) is 0 Å². The van der Waals surface area contributed by atoms with Gasteiger partial charge in [-0.05, 0) is 30.7 Å². The quantitative estimate of drug-likeness (QED) is 0.611. The van der Waals surface area contributed by atoms with Crippen molar-refractivity contribution in [2.45, 2.75) is 18.2 Å². The Morgan fingerprint density at radius 3 is 2.54 bits per heavy atom. The van der Waals surface area contributed by atoms with Crippen LogP contribution in [0.25, 0.3) is 5.69 Å².